The summed E-state index contributed by atoms with van der Waals surface area (Å²) in [6.07, 6.45) is 5.52. The summed E-state index contributed by atoms with van der Waals surface area (Å²) in [5.74, 6) is 1.60. The highest BCUT2D eigenvalue weighted by atomic mass is 15.0. The zero-order valence-corrected chi connectivity index (χ0v) is 10.7. The Morgan fingerprint density at radius 1 is 1.29 bits per heavy atom. The molecule has 0 atom stereocenters. The Labute approximate surface area is 103 Å². The normalized spacial score (nSPS) is 15.8. The fourth-order valence-electron chi connectivity index (χ4n) is 1.91. The van der Waals surface area contributed by atoms with Gasteiger partial charge in [0.1, 0.15) is 5.82 Å². The van der Waals surface area contributed by atoms with Crippen LogP contribution in [0, 0.1) is 5.92 Å². The van der Waals surface area contributed by atoms with Gasteiger partial charge in [-0.25, -0.2) is 4.98 Å². The van der Waals surface area contributed by atoms with Gasteiger partial charge in [0.05, 0.1) is 0 Å². The molecule has 0 spiro atoms. The maximum Gasteiger partial charge on any atom is 0.125 e. The van der Waals surface area contributed by atoms with Gasteiger partial charge in [-0.15, -0.1) is 0 Å². The zero-order chi connectivity index (χ0) is 12.1. The minimum absolute atomic E-state index is 0.638. The molecular weight excluding hydrogens is 210 g/mol. The SMILES string of the molecule is CC(C)CNc1ccc(C2=NCCCC2)cn1. The van der Waals surface area contributed by atoms with Gasteiger partial charge in [-0.3, -0.25) is 4.99 Å². The van der Waals surface area contributed by atoms with Crippen molar-refractivity contribution in [2.45, 2.75) is 33.1 Å². The van der Waals surface area contributed by atoms with Crippen molar-refractivity contribution in [2.75, 3.05) is 18.4 Å². The van der Waals surface area contributed by atoms with Crippen LogP contribution in [0.2, 0.25) is 0 Å². The van der Waals surface area contributed by atoms with Crippen molar-refractivity contribution in [3.05, 3.63) is 23.9 Å². The number of rotatable bonds is 4. The van der Waals surface area contributed by atoms with Crippen molar-refractivity contribution >= 4 is 11.5 Å². The molecule has 0 aromatic carbocycles. The largest absolute Gasteiger partial charge is 0.370 e. The summed E-state index contributed by atoms with van der Waals surface area (Å²) in [7, 11) is 0. The molecule has 1 aliphatic heterocycles. The first-order valence-electron chi connectivity index (χ1n) is 6.49. The molecule has 0 bridgehead atoms. The van der Waals surface area contributed by atoms with Crippen LogP contribution in [0.1, 0.15) is 38.7 Å². The Balaban J connectivity index is 1.99. The number of hydrogen-bond acceptors (Lipinski definition) is 3. The first-order valence-corrected chi connectivity index (χ1v) is 6.49. The third kappa shape index (κ3) is 3.55. The van der Waals surface area contributed by atoms with Gasteiger partial charge in [-0.1, -0.05) is 13.8 Å². The highest BCUT2D eigenvalue weighted by Gasteiger charge is 2.08. The third-order valence-corrected chi connectivity index (χ3v) is 2.91. The molecule has 0 aliphatic carbocycles. The minimum Gasteiger partial charge on any atom is -0.370 e. The smallest absolute Gasteiger partial charge is 0.125 e. The molecule has 0 amide bonds. The van der Waals surface area contributed by atoms with Crippen LogP contribution >= 0.6 is 0 Å². The van der Waals surface area contributed by atoms with Crippen LogP contribution in [0.15, 0.2) is 23.3 Å². The summed E-state index contributed by atoms with van der Waals surface area (Å²) in [5.41, 5.74) is 2.40. The van der Waals surface area contributed by atoms with E-state index in [1.54, 1.807) is 0 Å². The molecule has 1 N–H and O–H groups in total. The Kier molecular flexibility index (Phi) is 4.13. The molecule has 1 aromatic rings. The second-order valence-corrected chi connectivity index (χ2v) is 4.99. The van der Waals surface area contributed by atoms with E-state index >= 15 is 0 Å². The van der Waals surface area contributed by atoms with E-state index in [0.717, 1.165) is 25.3 Å². The number of aliphatic imine (C=N–C) groups is 1. The van der Waals surface area contributed by atoms with Crippen molar-refractivity contribution in [1.82, 2.24) is 4.98 Å². The Morgan fingerprint density at radius 3 is 2.76 bits per heavy atom. The molecular formula is C14H21N3. The topological polar surface area (TPSA) is 37.3 Å². The Hall–Kier alpha value is -1.38. The van der Waals surface area contributed by atoms with E-state index in [1.165, 1.54) is 24.1 Å². The third-order valence-electron chi connectivity index (χ3n) is 2.91. The predicted octanol–water partition coefficient (Wildman–Crippen LogP) is 3.12. The molecule has 0 radical (unpaired) electrons. The van der Waals surface area contributed by atoms with Crippen molar-refractivity contribution < 1.29 is 0 Å². The average Bonchev–Trinajstić information content (AvgIpc) is 2.38. The predicted molar refractivity (Wildman–Crippen MR) is 72.8 cm³/mol. The standard InChI is InChI=1S/C14H21N3/c1-11(2)9-16-14-7-6-12(10-17-14)13-5-3-4-8-15-13/h6-7,10-11H,3-5,8-9H2,1-2H3,(H,16,17). The summed E-state index contributed by atoms with van der Waals surface area (Å²) >= 11 is 0. The zero-order valence-electron chi connectivity index (χ0n) is 10.7. The summed E-state index contributed by atoms with van der Waals surface area (Å²) < 4.78 is 0. The summed E-state index contributed by atoms with van der Waals surface area (Å²) in [6.45, 7) is 6.33. The Bertz CT molecular complexity index is 379. The van der Waals surface area contributed by atoms with Crippen molar-refractivity contribution in [3.63, 3.8) is 0 Å². The van der Waals surface area contributed by atoms with Crippen LogP contribution in [-0.2, 0) is 0 Å². The molecule has 1 aliphatic rings. The van der Waals surface area contributed by atoms with Gasteiger partial charge in [-0.05, 0) is 37.3 Å². The van der Waals surface area contributed by atoms with E-state index in [9.17, 15) is 0 Å². The van der Waals surface area contributed by atoms with Crippen LogP contribution in [0.4, 0.5) is 5.82 Å². The molecule has 3 heteroatoms. The van der Waals surface area contributed by atoms with E-state index in [2.05, 4.69) is 41.3 Å². The number of pyridine rings is 1. The lowest BCUT2D eigenvalue weighted by Gasteiger charge is -2.12. The first-order chi connectivity index (χ1) is 8.25. The van der Waals surface area contributed by atoms with E-state index < -0.39 is 0 Å². The quantitative estimate of drug-likeness (QED) is 0.864. The molecule has 0 saturated carbocycles. The number of anilines is 1. The maximum atomic E-state index is 4.56. The molecule has 2 heterocycles. The molecule has 0 fully saturated rings. The monoisotopic (exact) mass is 231 g/mol. The lowest BCUT2D eigenvalue weighted by atomic mass is 10.0. The van der Waals surface area contributed by atoms with E-state index in [4.69, 9.17) is 0 Å². The fourth-order valence-corrected chi connectivity index (χ4v) is 1.91. The van der Waals surface area contributed by atoms with E-state index in [-0.39, 0.29) is 0 Å². The number of hydrogen-bond donors (Lipinski definition) is 1. The lowest BCUT2D eigenvalue weighted by Crippen LogP contribution is -2.11. The molecule has 17 heavy (non-hydrogen) atoms. The minimum atomic E-state index is 0.638. The van der Waals surface area contributed by atoms with Crippen LogP contribution in [0.3, 0.4) is 0 Å². The summed E-state index contributed by atoms with van der Waals surface area (Å²) in [6, 6.07) is 4.18. The number of aromatic nitrogens is 1. The molecule has 2 rings (SSSR count). The van der Waals surface area contributed by atoms with Gasteiger partial charge in [0.2, 0.25) is 0 Å². The van der Waals surface area contributed by atoms with Gasteiger partial charge in [0.25, 0.3) is 0 Å². The van der Waals surface area contributed by atoms with Crippen LogP contribution in [0.5, 0.6) is 0 Å². The van der Waals surface area contributed by atoms with Gasteiger partial charge in [0.15, 0.2) is 0 Å². The first kappa shape index (κ1) is 12.1. The number of nitrogens with one attached hydrogen (secondary N) is 1. The summed E-state index contributed by atoms with van der Waals surface area (Å²) in [4.78, 5) is 8.99. The molecule has 0 saturated heterocycles. The lowest BCUT2D eigenvalue weighted by molar-refractivity contribution is 0.687. The molecule has 92 valence electrons. The highest BCUT2D eigenvalue weighted by Crippen LogP contribution is 2.14. The van der Waals surface area contributed by atoms with Crippen LogP contribution < -0.4 is 5.32 Å². The van der Waals surface area contributed by atoms with Crippen LogP contribution in [-0.4, -0.2) is 23.8 Å². The van der Waals surface area contributed by atoms with Gasteiger partial charge >= 0.3 is 0 Å². The second-order valence-electron chi connectivity index (χ2n) is 4.99. The summed E-state index contributed by atoms with van der Waals surface area (Å²) in [5, 5.41) is 3.32. The Morgan fingerprint density at radius 2 is 2.18 bits per heavy atom. The average molecular weight is 231 g/mol. The maximum absolute atomic E-state index is 4.56. The highest BCUT2D eigenvalue weighted by molar-refractivity contribution is 6.00. The van der Waals surface area contributed by atoms with E-state index in [1.807, 2.05) is 6.20 Å². The van der Waals surface area contributed by atoms with Gasteiger partial charge in [0, 0.05) is 30.6 Å². The molecule has 3 nitrogen and oxygen atoms in total. The van der Waals surface area contributed by atoms with Gasteiger partial charge < -0.3 is 5.32 Å². The number of nitrogens with zero attached hydrogens (tertiary/aromatic N) is 2. The molecule has 0 unspecified atom stereocenters. The molecule has 1 aromatic heterocycles. The fraction of sp³-hybridized carbons (Fsp3) is 0.571. The van der Waals surface area contributed by atoms with Crippen molar-refractivity contribution in [3.8, 4) is 0 Å². The van der Waals surface area contributed by atoms with Crippen LogP contribution in [0.25, 0.3) is 0 Å². The van der Waals surface area contributed by atoms with E-state index in [0.29, 0.717) is 5.92 Å². The van der Waals surface area contributed by atoms with Gasteiger partial charge in [-0.2, -0.15) is 0 Å². The van der Waals surface area contributed by atoms with Crippen molar-refractivity contribution in [2.24, 2.45) is 10.9 Å². The second kappa shape index (κ2) is 5.80. The van der Waals surface area contributed by atoms with Crippen molar-refractivity contribution in [1.29, 1.82) is 0 Å².